The Labute approximate surface area is 342 Å². The van der Waals surface area contributed by atoms with Gasteiger partial charge in [-0.3, -0.25) is 9.59 Å². The molecule has 10 nitrogen and oxygen atoms in total. The summed E-state index contributed by atoms with van der Waals surface area (Å²) in [6.45, 7) is 3.04. The van der Waals surface area contributed by atoms with Gasteiger partial charge in [0.2, 0.25) is 0 Å². The van der Waals surface area contributed by atoms with Crippen molar-refractivity contribution in [2.24, 2.45) is 0 Å². The molecule has 1 fully saturated rings. The van der Waals surface area contributed by atoms with E-state index in [1.165, 1.54) is 0 Å². The summed E-state index contributed by atoms with van der Waals surface area (Å²) < 4.78 is 22.0. The van der Waals surface area contributed by atoms with Crippen molar-refractivity contribution in [1.82, 2.24) is 0 Å². The molecule has 1 saturated heterocycles. The lowest BCUT2D eigenvalue weighted by atomic mass is 9.99. The summed E-state index contributed by atoms with van der Waals surface area (Å²) in [7, 11) is 0. The van der Waals surface area contributed by atoms with Crippen LogP contribution in [0.3, 0.4) is 0 Å². The SMILES string of the molecule is CC/C=C\C/C=C\C/C=C\C/C=C\C/C=C\CCCCCC(=O)OC(COC(=O)CC/C=C\C/C=C\C/C=C\C/C=C\CC)COC1OC(CO)C(O)C(O)C1O. The maximum absolute atomic E-state index is 12.7. The summed E-state index contributed by atoms with van der Waals surface area (Å²) in [6, 6.07) is 0. The first-order valence-electron chi connectivity index (χ1n) is 21.0. The molecule has 0 aromatic rings. The number of aliphatic hydroxyl groups is 4. The van der Waals surface area contributed by atoms with Gasteiger partial charge in [-0.05, 0) is 83.5 Å². The number of rotatable bonds is 32. The van der Waals surface area contributed by atoms with Gasteiger partial charge in [-0.1, -0.05) is 130 Å². The third kappa shape index (κ3) is 28.4. The van der Waals surface area contributed by atoms with Gasteiger partial charge in [-0.2, -0.15) is 0 Å². The third-order valence-electron chi connectivity index (χ3n) is 8.67. The fraction of sp³-hybridized carbons (Fsp3) is 0.574. The summed E-state index contributed by atoms with van der Waals surface area (Å²) >= 11 is 0. The Balaban J connectivity index is 2.44. The second-order valence-corrected chi connectivity index (χ2v) is 13.7. The number of carbonyl (C=O) groups is 2. The largest absolute Gasteiger partial charge is 0.462 e. The van der Waals surface area contributed by atoms with E-state index in [1.807, 2.05) is 12.2 Å². The van der Waals surface area contributed by atoms with Crippen LogP contribution < -0.4 is 0 Å². The summed E-state index contributed by atoms with van der Waals surface area (Å²) in [4.78, 5) is 25.2. The average molecular weight is 797 g/mol. The molecule has 1 aliphatic heterocycles. The van der Waals surface area contributed by atoms with Crippen LogP contribution >= 0.6 is 0 Å². The van der Waals surface area contributed by atoms with E-state index in [-0.39, 0.29) is 26.1 Å². The van der Waals surface area contributed by atoms with Crippen LogP contribution in [0.5, 0.6) is 0 Å². The van der Waals surface area contributed by atoms with E-state index in [4.69, 9.17) is 18.9 Å². The van der Waals surface area contributed by atoms with Gasteiger partial charge in [-0.15, -0.1) is 0 Å². The molecule has 0 bridgehead atoms. The van der Waals surface area contributed by atoms with Crippen LogP contribution in [0.1, 0.15) is 117 Å². The Morgan fingerprint density at radius 1 is 0.544 bits per heavy atom. The highest BCUT2D eigenvalue weighted by Crippen LogP contribution is 2.22. The van der Waals surface area contributed by atoms with Gasteiger partial charge < -0.3 is 39.4 Å². The van der Waals surface area contributed by atoms with Crippen LogP contribution in [0.25, 0.3) is 0 Å². The lowest BCUT2D eigenvalue weighted by molar-refractivity contribution is -0.305. The molecule has 4 N–H and O–H groups in total. The molecule has 0 spiro atoms. The molecule has 10 heteroatoms. The summed E-state index contributed by atoms with van der Waals surface area (Å²) in [5.74, 6) is -0.954. The van der Waals surface area contributed by atoms with Crippen LogP contribution in [0, 0.1) is 0 Å². The molecular weight excluding hydrogens is 725 g/mol. The molecule has 1 heterocycles. The fourth-order valence-electron chi connectivity index (χ4n) is 5.40. The average Bonchev–Trinajstić information content (AvgIpc) is 3.21. The molecule has 0 amide bonds. The zero-order chi connectivity index (χ0) is 41.6. The van der Waals surface area contributed by atoms with Crippen molar-refractivity contribution in [1.29, 1.82) is 0 Å². The standard InChI is InChI=1S/C47H72O10/c1-3-5-7-9-11-13-15-17-18-19-20-21-22-24-26-28-30-32-34-36-43(50)56-40(39-55-47-46(53)45(52)44(51)41(37-48)57-47)38-54-42(49)35-33-31-29-27-25-23-16-14-12-10-8-6-4-2/h5-8,11-14,17-18,20-21,23-26,29,31,40-41,44-48,51-53H,3-4,9-10,15-16,19,22,27-28,30,32-39H2,1-2H3/b7-5-,8-6-,13-11-,14-12-,18-17-,21-20-,25-23-,26-24-,31-29-. The van der Waals surface area contributed by atoms with Gasteiger partial charge in [0.1, 0.15) is 31.0 Å². The van der Waals surface area contributed by atoms with E-state index >= 15 is 0 Å². The minimum atomic E-state index is -1.62. The maximum atomic E-state index is 12.7. The van der Waals surface area contributed by atoms with Crippen molar-refractivity contribution < 1.29 is 49.0 Å². The minimum Gasteiger partial charge on any atom is -0.462 e. The monoisotopic (exact) mass is 797 g/mol. The van der Waals surface area contributed by atoms with E-state index in [2.05, 4.69) is 111 Å². The van der Waals surface area contributed by atoms with Crippen molar-refractivity contribution in [2.75, 3.05) is 19.8 Å². The second kappa shape index (κ2) is 36.7. The van der Waals surface area contributed by atoms with Gasteiger partial charge in [0, 0.05) is 12.8 Å². The van der Waals surface area contributed by atoms with E-state index in [0.29, 0.717) is 12.8 Å². The highest BCUT2D eigenvalue weighted by Gasteiger charge is 2.44. The van der Waals surface area contributed by atoms with E-state index in [9.17, 15) is 30.0 Å². The molecule has 1 aliphatic rings. The molecule has 0 aromatic heterocycles. The number of hydrogen-bond acceptors (Lipinski definition) is 10. The van der Waals surface area contributed by atoms with E-state index in [0.717, 1.165) is 77.0 Å². The Kier molecular flexibility index (Phi) is 33.1. The molecule has 0 saturated carbocycles. The van der Waals surface area contributed by atoms with Crippen LogP contribution in [0.15, 0.2) is 109 Å². The summed E-state index contributed by atoms with van der Waals surface area (Å²) in [5.41, 5.74) is 0. The molecule has 0 aromatic carbocycles. The van der Waals surface area contributed by atoms with Crippen molar-refractivity contribution >= 4 is 11.9 Å². The summed E-state index contributed by atoms with van der Waals surface area (Å²) in [5, 5.41) is 40.0. The van der Waals surface area contributed by atoms with E-state index < -0.39 is 55.4 Å². The van der Waals surface area contributed by atoms with Gasteiger partial charge in [0.05, 0.1) is 13.2 Å². The first-order valence-corrected chi connectivity index (χ1v) is 21.0. The molecule has 6 unspecified atom stereocenters. The van der Waals surface area contributed by atoms with Crippen molar-refractivity contribution in [3.8, 4) is 0 Å². The van der Waals surface area contributed by atoms with Gasteiger partial charge >= 0.3 is 11.9 Å². The maximum Gasteiger partial charge on any atom is 0.306 e. The number of carbonyl (C=O) groups excluding carboxylic acids is 2. The van der Waals surface area contributed by atoms with Gasteiger partial charge in [0.15, 0.2) is 12.4 Å². The van der Waals surface area contributed by atoms with Crippen LogP contribution in [0.2, 0.25) is 0 Å². The van der Waals surface area contributed by atoms with E-state index in [1.54, 1.807) is 0 Å². The molecule has 0 radical (unpaired) electrons. The molecule has 57 heavy (non-hydrogen) atoms. The zero-order valence-corrected chi connectivity index (χ0v) is 34.5. The normalized spacial score (nSPS) is 21.4. The lowest BCUT2D eigenvalue weighted by Gasteiger charge is -2.39. The Morgan fingerprint density at radius 3 is 1.51 bits per heavy atom. The molecule has 1 rings (SSSR count). The molecule has 320 valence electrons. The predicted octanol–water partition coefficient (Wildman–Crippen LogP) is 8.55. The van der Waals surface area contributed by atoms with Crippen LogP contribution in [0.4, 0.5) is 0 Å². The van der Waals surface area contributed by atoms with Gasteiger partial charge in [-0.25, -0.2) is 0 Å². The number of esters is 2. The topological polar surface area (TPSA) is 152 Å². The number of allylic oxidation sites excluding steroid dienone is 18. The number of aliphatic hydroxyl groups excluding tert-OH is 4. The molecule has 0 aliphatic carbocycles. The highest BCUT2D eigenvalue weighted by molar-refractivity contribution is 5.70. The fourth-order valence-corrected chi connectivity index (χ4v) is 5.40. The smallest absolute Gasteiger partial charge is 0.306 e. The first kappa shape index (κ1) is 51.4. The number of ether oxygens (including phenoxy) is 4. The zero-order valence-electron chi connectivity index (χ0n) is 34.5. The second-order valence-electron chi connectivity index (χ2n) is 13.7. The molecule has 6 atom stereocenters. The van der Waals surface area contributed by atoms with Crippen molar-refractivity contribution in [2.45, 2.75) is 153 Å². The lowest BCUT2D eigenvalue weighted by Crippen LogP contribution is -2.59. The Bertz CT molecular complexity index is 1290. The highest BCUT2D eigenvalue weighted by atomic mass is 16.7. The first-order chi connectivity index (χ1) is 27.8. The predicted molar refractivity (Wildman–Crippen MR) is 228 cm³/mol. The van der Waals surface area contributed by atoms with Crippen LogP contribution in [-0.2, 0) is 28.5 Å². The van der Waals surface area contributed by atoms with Crippen molar-refractivity contribution in [3.63, 3.8) is 0 Å². The number of hydrogen-bond donors (Lipinski definition) is 4. The quantitative estimate of drug-likeness (QED) is 0.0296. The van der Waals surface area contributed by atoms with Crippen LogP contribution in [-0.4, -0.2) is 89.0 Å². The Hall–Kier alpha value is -3.64. The third-order valence-corrected chi connectivity index (χ3v) is 8.67. The molecular formula is C47H72O10. The Morgan fingerprint density at radius 2 is 1.02 bits per heavy atom. The van der Waals surface area contributed by atoms with Crippen molar-refractivity contribution in [3.05, 3.63) is 109 Å². The minimum absolute atomic E-state index is 0.139. The summed E-state index contributed by atoms with van der Waals surface area (Å²) in [6.07, 6.45) is 42.5. The van der Waals surface area contributed by atoms with Gasteiger partial charge in [0.25, 0.3) is 0 Å². The number of unbranched alkanes of at least 4 members (excludes halogenated alkanes) is 3.